The van der Waals surface area contributed by atoms with Crippen molar-refractivity contribution < 1.29 is 14.3 Å². The highest BCUT2D eigenvalue weighted by Gasteiger charge is 2.37. The van der Waals surface area contributed by atoms with Crippen LogP contribution < -0.4 is 10.6 Å². The molecule has 0 heterocycles. The van der Waals surface area contributed by atoms with Gasteiger partial charge in [-0.05, 0) is 13.1 Å². The number of nitrogens with one attached hydrogen (secondary N) is 2. The van der Waals surface area contributed by atoms with Gasteiger partial charge < -0.3 is 15.4 Å². The molecule has 0 bridgehead atoms. The van der Waals surface area contributed by atoms with Crippen LogP contribution in [0, 0.1) is 0 Å². The largest absolute Gasteiger partial charge is 0.374 e. The maximum Gasteiger partial charge on any atom is 0.200 e. The minimum Gasteiger partial charge on any atom is -0.374 e. The number of likely N-dealkylation sites (N-methyl/N-ethyl adjacent to an activating group) is 2. The average molecular weight is 382 g/mol. The first-order chi connectivity index (χ1) is 9.67. The van der Waals surface area contributed by atoms with Gasteiger partial charge in [0.15, 0.2) is 20.2 Å². The van der Waals surface area contributed by atoms with Crippen molar-refractivity contribution in [2.45, 2.75) is 22.5 Å². The first-order valence-electron chi connectivity index (χ1n) is 6.48. The van der Waals surface area contributed by atoms with E-state index in [9.17, 15) is 9.59 Å². The van der Waals surface area contributed by atoms with Crippen molar-refractivity contribution in [3.05, 3.63) is 0 Å². The van der Waals surface area contributed by atoms with Gasteiger partial charge in [-0.25, -0.2) is 0 Å². The molecule has 0 spiro atoms. The molecule has 5 nitrogen and oxygen atoms in total. The predicted molar refractivity (Wildman–Crippen MR) is 86.8 cm³/mol. The first kappa shape index (κ1) is 21.4. The molecule has 0 aliphatic heterocycles. The molecule has 0 aromatic heterocycles. The quantitative estimate of drug-likeness (QED) is 0.503. The predicted octanol–water partition coefficient (Wildman–Crippen LogP) is 1.71. The van der Waals surface area contributed by atoms with E-state index in [-0.39, 0.29) is 26.3 Å². The molecule has 0 saturated heterocycles. The highest BCUT2D eigenvalue weighted by Crippen LogP contribution is 2.26. The lowest BCUT2D eigenvalue weighted by molar-refractivity contribution is -0.121. The second-order valence-corrected chi connectivity index (χ2v) is 7.28. The van der Waals surface area contributed by atoms with Gasteiger partial charge in [0.05, 0.1) is 26.3 Å². The molecule has 0 aromatic carbocycles. The Labute approximate surface area is 145 Å². The summed E-state index contributed by atoms with van der Waals surface area (Å²) in [7, 11) is 0. The van der Waals surface area contributed by atoms with Gasteiger partial charge in [-0.3, -0.25) is 9.59 Å². The maximum atomic E-state index is 11.7. The molecule has 124 valence electrons. The van der Waals surface area contributed by atoms with Crippen LogP contribution in [0.2, 0.25) is 0 Å². The Bertz CT molecular complexity index is 319. The van der Waals surface area contributed by atoms with Gasteiger partial charge in [0.2, 0.25) is 0 Å². The molecule has 0 aromatic rings. The lowest BCUT2D eigenvalue weighted by Crippen LogP contribution is -2.42. The van der Waals surface area contributed by atoms with Crippen LogP contribution >= 0.6 is 46.4 Å². The molecule has 0 fully saturated rings. The Balaban J connectivity index is 4.26. The number of ether oxygens (including phenoxy) is 1. The van der Waals surface area contributed by atoms with E-state index < -0.39 is 20.2 Å². The zero-order valence-corrected chi connectivity index (χ0v) is 15.0. The number of hydrogen-bond donors (Lipinski definition) is 2. The lowest BCUT2D eigenvalue weighted by Gasteiger charge is -2.22. The number of rotatable bonds is 12. The van der Waals surface area contributed by atoms with Crippen molar-refractivity contribution in [1.82, 2.24) is 10.6 Å². The van der Waals surface area contributed by atoms with Crippen LogP contribution in [0.5, 0.6) is 0 Å². The second kappa shape index (κ2) is 10.2. The van der Waals surface area contributed by atoms with Crippen molar-refractivity contribution in [1.29, 1.82) is 0 Å². The van der Waals surface area contributed by atoms with E-state index in [0.29, 0.717) is 13.1 Å². The van der Waals surface area contributed by atoms with Crippen LogP contribution in [0.3, 0.4) is 0 Å². The van der Waals surface area contributed by atoms with Crippen LogP contribution in [0.25, 0.3) is 0 Å². The molecule has 0 saturated carbocycles. The molecular weight excluding hydrogens is 362 g/mol. The van der Waals surface area contributed by atoms with Gasteiger partial charge in [0.25, 0.3) is 0 Å². The summed E-state index contributed by atoms with van der Waals surface area (Å²) in [6.45, 7) is 4.35. The van der Waals surface area contributed by atoms with Crippen LogP contribution in [0.15, 0.2) is 0 Å². The Kier molecular flexibility index (Phi) is 10.4. The van der Waals surface area contributed by atoms with E-state index in [2.05, 4.69) is 10.6 Å². The highest BCUT2D eigenvalue weighted by atomic mass is 35.5. The molecule has 2 N–H and O–H groups in total. The summed E-state index contributed by atoms with van der Waals surface area (Å²) in [5.41, 5.74) is 0. The number of ketones is 2. The van der Waals surface area contributed by atoms with Gasteiger partial charge in [0, 0.05) is 0 Å². The third-order valence-corrected chi connectivity index (χ3v) is 3.73. The lowest BCUT2D eigenvalue weighted by atomic mass is 10.2. The molecule has 9 heteroatoms. The number of Topliss-reactive ketones (excluding diaryl/α,β-unsaturated/α-hetero) is 2. The van der Waals surface area contributed by atoms with Crippen molar-refractivity contribution in [3.63, 3.8) is 0 Å². The fourth-order valence-electron chi connectivity index (χ4n) is 1.20. The molecule has 0 amide bonds. The fraction of sp³-hybridized carbons (Fsp3) is 0.833. The average Bonchev–Trinajstić information content (AvgIpc) is 2.41. The summed E-state index contributed by atoms with van der Waals surface area (Å²) >= 11 is 23.5. The summed E-state index contributed by atoms with van der Waals surface area (Å²) in [6.07, 6.45) is 0. The van der Waals surface area contributed by atoms with Gasteiger partial charge >= 0.3 is 0 Å². The van der Waals surface area contributed by atoms with Crippen molar-refractivity contribution in [2.24, 2.45) is 0 Å². The van der Waals surface area contributed by atoms with Gasteiger partial charge in [-0.2, -0.15) is 0 Å². The third-order valence-electron chi connectivity index (χ3n) is 2.45. The molecule has 0 aliphatic carbocycles. The zero-order chi connectivity index (χ0) is 16.5. The Morgan fingerprint density at radius 3 is 1.48 bits per heavy atom. The number of alkyl halides is 4. The van der Waals surface area contributed by atoms with Crippen LogP contribution in [0.1, 0.15) is 13.8 Å². The Hall–Kier alpha value is 0.380. The topological polar surface area (TPSA) is 67.4 Å². The molecule has 0 rings (SSSR count). The summed E-state index contributed by atoms with van der Waals surface area (Å²) in [5, 5.41) is 5.63. The molecule has 0 radical (unpaired) electrons. The normalized spacial score (nSPS) is 12.5. The zero-order valence-electron chi connectivity index (χ0n) is 12.0. The fourth-order valence-corrected chi connectivity index (χ4v) is 1.78. The van der Waals surface area contributed by atoms with Crippen molar-refractivity contribution in [3.8, 4) is 0 Å². The molecular formula is C12H20Cl4N2O3. The number of carbonyl (C=O) groups is 2. The van der Waals surface area contributed by atoms with Crippen LogP contribution in [0.4, 0.5) is 0 Å². The van der Waals surface area contributed by atoms with Crippen LogP contribution in [-0.4, -0.2) is 59.6 Å². The van der Waals surface area contributed by atoms with Crippen molar-refractivity contribution >= 4 is 58.0 Å². The number of carbonyl (C=O) groups excluding carboxylic acids is 2. The summed E-state index contributed by atoms with van der Waals surface area (Å²) in [4.78, 5) is 23.4. The van der Waals surface area contributed by atoms with E-state index in [0.717, 1.165) is 0 Å². The molecule has 21 heavy (non-hydrogen) atoms. The molecule has 0 atom stereocenters. The van der Waals surface area contributed by atoms with Gasteiger partial charge in [-0.15, -0.1) is 0 Å². The van der Waals surface area contributed by atoms with E-state index in [1.165, 1.54) is 0 Å². The van der Waals surface area contributed by atoms with E-state index >= 15 is 0 Å². The third kappa shape index (κ3) is 8.55. The van der Waals surface area contributed by atoms with Gasteiger partial charge in [0.1, 0.15) is 0 Å². The SMILES string of the molecule is CCNCC(=O)C(Cl)(Cl)COCC(Cl)(Cl)C(=O)CNCC. The van der Waals surface area contributed by atoms with Gasteiger partial charge in [-0.1, -0.05) is 60.3 Å². The summed E-state index contributed by atoms with van der Waals surface area (Å²) in [5.74, 6) is -0.859. The maximum absolute atomic E-state index is 11.7. The standard InChI is InChI=1S/C12H20Cl4N2O3/c1-3-17-5-9(19)11(13,14)7-21-8-12(15,16)10(20)6-18-4-2/h17-18H,3-8H2,1-2H3. The minimum absolute atomic E-state index is 0.0269. The summed E-state index contributed by atoms with van der Waals surface area (Å²) < 4.78 is 1.72. The van der Waals surface area contributed by atoms with Crippen molar-refractivity contribution in [2.75, 3.05) is 39.4 Å². The van der Waals surface area contributed by atoms with E-state index in [1.54, 1.807) is 0 Å². The second-order valence-electron chi connectivity index (χ2n) is 4.31. The highest BCUT2D eigenvalue weighted by molar-refractivity contribution is 6.59. The molecule has 0 unspecified atom stereocenters. The smallest absolute Gasteiger partial charge is 0.200 e. The Morgan fingerprint density at radius 1 is 0.857 bits per heavy atom. The monoisotopic (exact) mass is 380 g/mol. The number of halogens is 4. The number of hydrogen-bond acceptors (Lipinski definition) is 5. The Morgan fingerprint density at radius 2 is 1.19 bits per heavy atom. The summed E-state index contributed by atoms with van der Waals surface area (Å²) in [6, 6.07) is 0. The van der Waals surface area contributed by atoms with E-state index in [1.807, 2.05) is 13.8 Å². The van der Waals surface area contributed by atoms with Crippen LogP contribution in [-0.2, 0) is 14.3 Å². The minimum atomic E-state index is -1.71. The first-order valence-corrected chi connectivity index (χ1v) is 8.00. The van der Waals surface area contributed by atoms with E-state index in [4.69, 9.17) is 51.1 Å². The molecule has 0 aliphatic rings.